The van der Waals surface area contributed by atoms with Crippen molar-refractivity contribution in [3.63, 3.8) is 0 Å². The van der Waals surface area contributed by atoms with Crippen LogP contribution in [0, 0.1) is 0 Å². The van der Waals surface area contributed by atoms with E-state index < -0.39 is 15.7 Å². The Labute approximate surface area is 178 Å². The average Bonchev–Trinajstić information content (AvgIpc) is 3.17. The van der Waals surface area contributed by atoms with Crippen molar-refractivity contribution in [1.82, 2.24) is 9.97 Å². The van der Waals surface area contributed by atoms with Gasteiger partial charge in [0.1, 0.15) is 5.82 Å². The summed E-state index contributed by atoms with van der Waals surface area (Å²) in [6.07, 6.45) is -0.167. The standard InChI is InChI=1S/C22H18ClN3O3S/c23-15-9-11-16(12-10-15)30(28,29)14-13-21(27)24-18-6-2-1-5-17(18)22-25-19-7-3-4-8-20(19)26-22/h1-12H,13-14H2,(H,24,27)(H,25,26). The fourth-order valence-corrected chi connectivity index (χ4v) is 4.45. The number of nitrogens with one attached hydrogen (secondary N) is 2. The van der Waals surface area contributed by atoms with E-state index >= 15 is 0 Å². The van der Waals surface area contributed by atoms with Crippen LogP contribution in [0.3, 0.4) is 0 Å². The molecule has 8 heteroatoms. The van der Waals surface area contributed by atoms with E-state index in [0.717, 1.165) is 16.6 Å². The molecule has 2 N–H and O–H groups in total. The smallest absolute Gasteiger partial charge is 0.225 e. The van der Waals surface area contributed by atoms with Crippen LogP contribution in [0.1, 0.15) is 6.42 Å². The second-order valence-corrected chi connectivity index (χ2v) is 9.26. The van der Waals surface area contributed by atoms with Crippen LogP contribution >= 0.6 is 11.6 Å². The molecule has 0 aliphatic heterocycles. The number of nitrogens with zero attached hydrogens (tertiary/aromatic N) is 1. The van der Waals surface area contributed by atoms with Gasteiger partial charge in [0.15, 0.2) is 9.84 Å². The van der Waals surface area contributed by atoms with E-state index in [1.54, 1.807) is 12.1 Å². The van der Waals surface area contributed by atoms with Gasteiger partial charge < -0.3 is 10.3 Å². The summed E-state index contributed by atoms with van der Waals surface area (Å²) in [5, 5.41) is 3.25. The molecule has 0 bridgehead atoms. The first-order valence-corrected chi connectivity index (χ1v) is 11.3. The molecule has 0 fully saturated rings. The van der Waals surface area contributed by atoms with Crippen LogP contribution in [-0.2, 0) is 14.6 Å². The maximum atomic E-state index is 12.5. The fourth-order valence-electron chi connectivity index (χ4n) is 3.08. The zero-order valence-electron chi connectivity index (χ0n) is 15.8. The van der Waals surface area contributed by atoms with Gasteiger partial charge in [-0.05, 0) is 48.5 Å². The molecular formula is C22H18ClN3O3S. The van der Waals surface area contributed by atoms with Crippen molar-refractivity contribution in [1.29, 1.82) is 0 Å². The fraction of sp³-hybridized carbons (Fsp3) is 0.0909. The number of hydrogen-bond acceptors (Lipinski definition) is 4. The van der Waals surface area contributed by atoms with E-state index in [-0.39, 0.29) is 17.1 Å². The van der Waals surface area contributed by atoms with Gasteiger partial charge in [-0.25, -0.2) is 13.4 Å². The van der Waals surface area contributed by atoms with Gasteiger partial charge in [0, 0.05) is 17.0 Å². The van der Waals surface area contributed by atoms with Crippen LogP contribution in [0.2, 0.25) is 5.02 Å². The Bertz CT molecular complexity index is 1280. The predicted molar refractivity (Wildman–Crippen MR) is 118 cm³/mol. The number of rotatable bonds is 6. The van der Waals surface area contributed by atoms with Crippen molar-refractivity contribution in [2.45, 2.75) is 11.3 Å². The molecule has 30 heavy (non-hydrogen) atoms. The van der Waals surface area contributed by atoms with Gasteiger partial charge in [0.05, 0.1) is 27.4 Å². The molecule has 1 amide bonds. The third-order valence-electron chi connectivity index (χ3n) is 4.62. The number of fused-ring (bicyclic) bond motifs is 1. The lowest BCUT2D eigenvalue weighted by Gasteiger charge is -2.10. The Morgan fingerprint density at radius 3 is 2.43 bits per heavy atom. The number of carbonyl (C=O) groups is 1. The zero-order valence-corrected chi connectivity index (χ0v) is 17.4. The van der Waals surface area contributed by atoms with E-state index in [4.69, 9.17) is 11.6 Å². The highest BCUT2D eigenvalue weighted by Gasteiger charge is 2.18. The summed E-state index contributed by atoms with van der Waals surface area (Å²) in [5.41, 5.74) is 3.00. The number of benzene rings is 3. The number of sulfone groups is 1. The van der Waals surface area contributed by atoms with E-state index in [1.807, 2.05) is 36.4 Å². The minimum atomic E-state index is -3.58. The number of anilines is 1. The Morgan fingerprint density at radius 1 is 0.967 bits per heavy atom. The Kier molecular flexibility index (Phi) is 5.57. The van der Waals surface area contributed by atoms with Gasteiger partial charge in [-0.15, -0.1) is 0 Å². The molecule has 1 aromatic heterocycles. The largest absolute Gasteiger partial charge is 0.338 e. The molecule has 6 nitrogen and oxygen atoms in total. The van der Waals surface area contributed by atoms with Gasteiger partial charge >= 0.3 is 0 Å². The summed E-state index contributed by atoms with van der Waals surface area (Å²) in [7, 11) is -3.58. The number of halogens is 1. The van der Waals surface area contributed by atoms with E-state index in [0.29, 0.717) is 16.5 Å². The first-order valence-electron chi connectivity index (χ1n) is 9.25. The summed E-state index contributed by atoms with van der Waals surface area (Å²) >= 11 is 5.80. The molecule has 152 valence electrons. The van der Waals surface area contributed by atoms with E-state index in [9.17, 15) is 13.2 Å². The number of para-hydroxylation sites is 3. The molecule has 0 saturated carbocycles. The van der Waals surface area contributed by atoms with Gasteiger partial charge in [-0.1, -0.05) is 35.9 Å². The monoisotopic (exact) mass is 439 g/mol. The number of imidazole rings is 1. The van der Waals surface area contributed by atoms with Crippen molar-refractivity contribution >= 4 is 44.1 Å². The predicted octanol–water partition coefficient (Wildman–Crippen LogP) is 4.69. The van der Waals surface area contributed by atoms with Gasteiger partial charge in [-0.2, -0.15) is 0 Å². The van der Waals surface area contributed by atoms with Crippen molar-refractivity contribution in [2.75, 3.05) is 11.1 Å². The Hall–Kier alpha value is -3.16. The molecular weight excluding hydrogens is 422 g/mol. The van der Waals surface area contributed by atoms with Crippen LogP contribution in [0.4, 0.5) is 5.69 Å². The summed E-state index contributed by atoms with van der Waals surface area (Å²) in [6, 6.07) is 20.8. The second-order valence-electron chi connectivity index (χ2n) is 6.72. The number of H-pyrrole nitrogens is 1. The molecule has 0 aliphatic rings. The maximum absolute atomic E-state index is 12.5. The molecule has 0 radical (unpaired) electrons. The maximum Gasteiger partial charge on any atom is 0.225 e. The summed E-state index contributed by atoms with van der Waals surface area (Å²) in [4.78, 5) is 20.4. The average molecular weight is 440 g/mol. The van der Waals surface area contributed by atoms with E-state index in [2.05, 4.69) is 15.3 Å². The number of hydrogen-bond donors (Lipinski definition) is 2. The molecule has 0 atom stereocenters. The number of aromatic amines is 1. The highest BCUT2D eigenvalue weighted by molar-refractivity contribution is 7.91. The van der Waals surface area contributed by atoms with Crippen LogP contribution in [0.5, 0.6) is 0 Å². The molecule has 0 spiro atoms. The van der Waals surface area contributed by atoms with E-state index in [1.165, 1.54) is 24.3 Å². The molecule has 0 unspecified atom stereocenters. The first kappa shape index (κ1) is 20.1. The lowest BCUT2D eigenvalue weighted by atomic mass is 10.1. The number of amides is 1. The Balaban J connectivity index is 1.49. The quantitative estimate of drug-likeness (QED) is 0.456. The third-order valence-corrected chi connectivity index (χ3v) is 6.60. The molecule has 4 aromatic rings. The van der Waals surface area contributed by atoms with Crippen LogP contribution in [0.15, 0.2) is 77.7 Å². The molecule has 1 heterocycles. The van der Waals surface area contributed by atoms with Crippen molar-refractivity contribution in [2.24, 2.45) is 0 Å². The minimum Gasteiger partial charge on any atom is -0.338 e. The lowest BCUT2D eigenvalue weighted by Crippen LogP contribution is -2.18. The second kappa shape index (κ2) is 8.30. The minimum absolute atomic E-state index is 0.141. The molecule has 3 aromatic carbocycles. The lowest BCUT2D eigenvalue weighted by molar-refractivity contribution is -0.115. The number of aromatic nitrogens is 2. The topological polar surface area (TPSA) is 91.9 Å². The highest BCUT2D eigenvalue weighted by atomic mass is 35.5. The number of carbonyl (C=O) groups excluding carboxylic acids is 1. The summed E-state index contributed by atoms with van der Waals surface area (Å²) < 4.78 is 24.9. The van der Waals surface area contributed by atoms with Crippen LogP contribution in [-0.4, -0.2) is 30.0 Å². The molecule has 4 rings (SSSR count). The van der Waals surface area contributed by atoms with Crippen LogP contribution < -0.4 is 5.32 Å². The highest BCUT2D eigenvalue weighted by Crippen LogP contribution is 2.27. The SMILES string of the molecule is O=C(CCS(=O)(=O)c1ccc(Cl)cc1)Nc1ccccc1-c1nc2ccccc2[nH]1. The Morgan fingerprint density at radius 2 is 1.67 bits per heavy atom. The van der Waals surface area contributed by atoms with Gasteiger partial charge in [0.25, 0.3) is 0 Å². The molecule has 0 saturated heterocycles. The first-order chi connectivity index (χ1) is 14.4. The summed E-state index contributed by atoms with van der Waals surface area (Å²) in [5.74, 6) is -0.0650. The summed E-state index contributed by atoms with van der Waals surface area (Å²) in [6.45, 7) is 0. The molecule has 0 aliphatic carbocycles. The van der Waals surface area contributed by atoms with Crippen molar-refractivity contribution in [3.05, 3.63) is 77.8 Å². The van der Waals surface area contributed by atoms with Crippen molar-refractivity contribution < 1.29 is 13.2 Å². The van der Waals surface area contributed by atoms with Gasteiger partial charge in [0.2, 0.25) is 5.91 Å². The normalized spacial score (nSPS) is 11.5. The third kappa shape index (κ3) is 4.37. The van der Waals surface area contributed by atoms with Crippen LogP contribution in [0.25, 0.3) is 22.4 Å². The van der Waals surface area contributed by atoms with Crippen molar-refractivity contribution in [3.8, 4) is 11.4 Å². The zero-order chi connectivity index (χ0) is 21.1. The van der Waals surface area contributed by atoms with Gasteiger partial charge in [-0.3, -0.25) is 4.79 Å².